The summed E-state index contributed by atoms with van der Waals surface area (Å²) in [4.78, 5) is 19.3. The second kappa shape index (κ2) is 8.83. The fourth-order valence-corrected chi connectivity index (χ4v) is 3.70. The number of H-pyrrole nitrogens is 1. The summed E-state index contributed by atoms with van der Waals surface area (Å²) in [6, 6.07) is 6.88. The lowest BCUT2D eigenvalue weighted by Crippen LogP contribution is -2.24. The van der Waals surface area contributed by atoms with Crippen LogP contribution in [0.3, 0.4) is 0 Å². The van der Waals surface area contributed by atoms with E-state index in [1.807, 2.05) is 11.8 Å². The molecule has 174 valence electrons. The predicted octanol–water partition coefficient (Wildman–Crippen LogP) is 3.35. The van der Waals surface area contributed by atoms with E-state index in [0.29, 0.717) is 42.3 Å². The number of amides is 1. The first-order chi connectivity index (χ1) is 15.6. The zero-order chi connectivity index (χ0) is 23.8. The molecular weight excluding hydrogens is 458 g/mol. The Morgan fingerprint density at radius 2 is 2.12 bits per heavy atom. The van der Waals surface area contributed by atoms with Crippen LogP contribution in [0, 0.1) is 6.92 Å². The standard InChI is InChI=1S/C21H21ClF2N6O3/c1-11-9-26-29-17(11)15-8-16(18(25)28-19(15)30-7-6-13(31)10-30)20(32)27-12-2-4-14(5-3-12)33-21(22,23)24/h2-5,8-9,13,31H,6-7,10H2,1H3,(H2,25,28)(H,26,29)(H,27,32)/t13-/m1/s1. The van der Waals surface area contributed by atoms with Crippen molar-refractivity contribution >= 4 is 34.8 Å². The number of nitrogens with one attached hydrogen (secondary N) is 2. The van der Waals surface area contributed by atoms with E-state index in [1.165, 1.54) is 24.3 Å². The number of alkyl halides is 3. The molecule has 5 N–H and O–H groups in total. The second-order valence-corrected chi connectivity index (χ2v) is 8.08. The van der Waals surface area contributed by atoms with Crippen LogP contribution in [0.1, 0.15) is 22.3 Å². The lowest BCUT2D eigenvalue weighted by atomic mass is 10.1. The van der Waals surface area contributed by atoms with Crippen molar-refractivity contribution in [2.75, 3.05) is 29.0 Å². The summed E-state index contributed by atoms with van der Waals surface area (Å²) in [6.07, 6.45) is 1.78. The summed E-state index contributed by atoms with van der Waals surface area (Å²) in [7, 11) is 0. The molecule has 0 spiro atoms. The maximum atomic E-state index is 13.0. The molecule has 0 radical (unpaired) electrons. The highest BCUT2D eigenvalue weighted by atomic mass is 35.5. The molecule has 9 nitrogen and oxygen atoms in total. The van der Waals surface area contributed by atoms with Crippen LogP contribution in [0.4, 0.5) is 26.1 Å². The quantitative estimate of drug-likeness (QED) is 0.400. The number of carbonyl (C=O) groups excluding carboxylic acids is 1. The molecule has 1 saturated heterocycles. The zero-order valence-electron chi connectivity index (χ0n) is 17.5. The minimum Gasteiger partial charge on any atom is -0.420 e. The Morgan fingerprint density at radius 3 is 2.70 bits per heavy atom. The molecule has 0 unspecified atom stereocenters. The number of benzene rings is 1. The number of nitrogens with zero attached hydrogens (tertiary/aromatic N) is 3. The molecular formula is C21H21ClF2N6O3. The molecule has 12 heteroatoms. The van der Waals surface area contributed by atoms with E-state index in [9.17, 15) is 18.7 Å². The summed E-state index contributed by atoms with van der Waals surface area (Å²) in [5, 5.41) is 19.6. The van der Waals surface area contributed by atoms with Gasteiger partial charge in [0.05, 0.1) is 23.6 Å². The molecule has 3 heterocycles. The van der Waals surface area contributed by atoms with Gasteiger partial charge in [-0.2, -0.15) is 5.10 Å². The number of anilines is 3. The predicted molar refractivity (Wildman–Crippen MR) is 120 cm³/mol. The molecule has 3 aromatic rings. The first-order valence-corrected chi connectivity index (χ1v) is 10.4. The first-order valence-electron chi connectivity index (χ1n) is 10.0. The third-order valence-corrected chi connectivity index (χ3v) is 5.26. The van der Waals surface area contributed by atoms with Gasteiger partial charge in [0.15, 0.2) is 0 Å². The van der Waals surface area contributed by atoms with Crippen molar-refractivity contribution in [3.63, 3.8) is 0 Å². The molecule has 2 aromatic heterocycles. The number of β-amino-alcohol motifs (C(OH)–C–C–N with tert-alkyl or cyclic N) is 1. The number of aryl methyl sites for hydroxylation is 1. The van der Waals surface area contributed by atoms with Gasteiger partial charge in [-0.1, -0.05) is 0 Å². The highest BCUT2D eigenvalue weighted by Gasteiger charge is 2.28. The Balaban J connectivity index is 1.63. The van der Waals surface area contributed by atoms with Crippen LogP contribution in [-0.4, -0.2) is 51.0 Å². The van der Waals surface area contributed by atoms with E-state index in [-0.39, 0.29) is 17.1 Å². The lowest BCUT2D eigenvalue weighted by molar-refractivity contribution is -0.0964. The summed E-state index contributed by atoms with van der Waals surface area (Å²) >= 11 is 4.75. The van der Waals surface area contributed by atoms with Crippen LogP contribution in [-0.2, 0) is 0 Å². The SMILES string of the molecule is Cc1cn[nH]c1-c1cc(C(=O)Nc2ccc(OC(F)(F)Cl)cc2)c(N)nc1N1CC[C@@H](O)C1. The Morgan fingerprint density at radius 1 is 1.39 bits per heavy atom. The number of halogens is 3. The molecule has 0 saturated carbocycles. The number of aromatic amines is 1. The third-order valence-electron chi connectivity index (χ3n) is 5.18. The zero-order valence-corrected chi connectivity index (χ0v) is 18.2. The second-order valence-electron chi connectivity index (χ2n) is 7.64. The van der Waals surface area contributed by atoms with Crippen molar-refractivity contribution in [3.8, 4) is 17.0 Å². The van der Waals surface area contributed by atoms with Crippen LogP contribution in [0.5, 0.6) is 5.75 Å². The molecule has 1 atom stereocenters. The molecule has 4 rings (SSSR count). The fourth-order valence-electron chi connectivity index (χ4n) is 3.62. The van der Waals surface area contributed by atoms with Crippen LogP contribution in [0.15, 0.2) is 36.5 Å². The van der Waals surface area contributed by atoms with Crippen molar-refractivity contribution in [3.05, 3.63) is 47.7 Å². The Labute approximate surface area is 192 Å². The molecule has 0 aliphatic carbocycles. The number of aromatic nitrogens is 3. The molecule has 0 bridgehead atoms. The van der Waals surface area contributed by atoms with Gasteiger partial charge in [0.25, 0.3) is 5.91 Å². The van der Waals surface area contributed by atoms with Gasteiger partial charge >= 0.3 is 5.57 Å². The van der Waals surface area contributed by atoms with Gasteiger partial charge in [0.1, 0.15) is 17.4 Å². The third kappa shape index (κ3) is 5.15. The Hall–Kier alpha value is -3.44. The van der Waals surface area contributed by atoms with Crippen LogP contribution in [0.25, 0.3) is 11.3 Å². The van der Waals surface area contributed by atoms with Gasteiger partial charge in [-0.15, -0.1) is 8.78 Å². The van der Waals surface area contributed by atoms with E-state index in [2.05, 4.69) is 25.2 Å². The molecule has 33 heavy (non-hydrogen) atoms. The van der Waals surface area contributed by atoms with Crippen LogP contribution < -0.4 is 20.7 Å². The monoisotopic (exact) mass is 478 g/mol. The number of aliphatic hydroxyl groups excluding tert-OH is 1. The van der Waals surface area contributed by atoms with Crippen molar-refractivity contribution in [1.82, 2.24) is 15.2 Å². The molecule has 1 aromatic carbocycles. The van der Waals surface area contributed by atoms with Crippen LogP contribution in [0.2, 0.25) is 0 Å². The summed E-state index contributed by atoms with van der Waals surface area (Å²) in [5.41, 5.74) is 4.89. The van der Waals surface area contributed by atoms with Gasteiger partial charge < -0.3 is 25.8 Å². The maximum Gasteiger partial charge on any atom is 0.487 e. The minimum absolute atomic E-state index is 0.00606. The summed E-state index contributed by atoms with van der Waals surface area (Å²) < 4.78 is 29.8. The average Bonchev–Trinajstić information content (AvgIpc) is 3.36. The lowest BCUT2D eigenvalue weighted by Gasteiger charge is -2.22. The normalized spacial score (nSPS) is 16.2. The summed E-state index contributed by atoms with van der Waals surface area (Å²) in [5.74, 6) is -0.158. The Bertz CT molecular complexity index is 1170. The van der Waals surface area contributed by atoms with E-state index in [0.717, 1.165) is 5.56 Å². The number of hydrogen-bond donors (Lipinski definition) is 4. The highest BCUT2D eigenvalue weighted by molar-refractivity contribution is 6.20. The maximum absolute atomic E-state index is 13.0. The number of rotatable bonds is 6. The molecule has 1 amide bonds. The largest absolute Gasteiger partial charge is 0.487 e. The topological polar surface area (TPSA) is 129 Å². The fraction of sp³-hybridized carbons (Fsp3) is 0.286. The Kier molecular flexibility index (Phi) is 6.09. The van der Waals surface area contributed by atoms with Crippen molar-refractivity contribution in [1.29, 1.82) is 0 Å². The molecule has 1 aliphatic rings. The number of aliphatic hydroxyl groups is 1. The number of hydrogen-bond acceptors (Lipinski definition) is 7. The van der Waals surface area contributed by atoms with E-state index in [1.54, 1.807) is 12.3 Å². The van der Waals surface area contributed by atoms with E-state index >= 15 is 0 Å². The number of ether oxygens (including phenoxy) is 1. The van der Waals surface area contributed by atoms with Crippen molar-refractivity contribution < 1.29 is 23.4 Å². The number of pyridine rings is 1. The van der Waals surface area contributed by atoms with Gasteiger partial charge in [-0.05, 0) is 49.2 Å². The number of carbonyl (C=O) groups is 1. The first kappa shape index (κ1) is 22.7. The van der Waals surface area contributed by atoms with E-state index < -0.39 is 17.6 Å². The number of nitrogens with two attached hydrogens (primary N) is 1. The van der Waals surface area contributed by atoms with Crippen LogP contribution >= 0.6 is 11.6 Å². The van der Waals surface area contributed by atoms with Gasteiger partial charge in [0, 0.05) is 35.9 Å². The van der Waals surface area contributed by atoms with Crippen molar-refractivity contribution in [2.45, 2.75) is 25.0 Å². The minimum atomic E-state index is -3.83. The molecule has 1 fully saturated rings. The average molecular weight is 479 g/mol. The van der Waals surface area contributed by atoms with E-state index in [4.69, 9.17) is 17.3 Å². The van der Waals surface area contributed by atoms with Gasteiger partial charge in [0.2, 0.25) is 0 Å². The molecule has 1 aliphatic heterocycles. The van der Waals surface area contributed by atoms with Gasteiger partial charge in [-0.25, -0.2) is 4.98 Å². The highest BCUT2D eigenvalue weighted by Crippen LogP contribution is 2.35. The van der Waals surface area contributed by atoms with Crippen molar-refractivity contribution in [2.24, 2.45) is 0 Å². The smallest absolute Gasteiger partial charge is 0.420 e. The number of nitrogen functional groups attached to an aromatic ring is 1. The summed E-state index contributed by atoms with van der Waals surface area (Å²) in [6.45, 7) is 2.86. The van der Waals surface area contributed by atoms with Gasteiger partial charge in [-0.3, -0.25) is 9.89 Å².